The molecule has 0 amide bonds. The zero-order valence-corrected chi connectivity index (χ0v) is 12.9. The van der Waals surface area contributed by atoms with E-state index in [-0.39, 0.29) is 0 Å². The molecule has 0 atom stereocenters. The lowest BCUT2D eigenvalue weighted by Gasteiger charge is -1.99. The number of fused-ring (bicyclic) bond motifs is 1. The zero-order chi connectivity index (χ0) is 15.8. The van der Waals surface area contributed by atoms with Gasteiger partial charge in [-0.2, -0.15) is 0 Å². The van der Waals surface area contributed by atoms with Crippen LogP contribution in [0.2, 0.25) is 0 Å². The van der Waals surface area contributed by atoms with Crippen LogP contribution in [-0.4, -0.2) is 20.1 Å². The van der Waals surface area contributed by atoms with Gasteiger partial charge in [0.2, 0.25) is 0 Å². The van der Waals surface area contributed by atoms with E-state index in [1.165, 1.54) is 0 Å². The standard InChI is InChI=1S/C17H15N5O/c1-11-16(12(2)23-21-11)13-7-15-17(19-8-13)22(10-20-15)9-14-5-3-4-6-18-14/h3-8,10H,9H2,1-2H3/p+1. The number of imidazole rings is 1. The van der Waals surface area contributed by atoms with Crippen LogP contribution in [0.1, 0.15) is 17.1 Å². The zero-order valence-electron chi connectivity index (χ0n) is 12.9. The average molecular weight is 306 g/mol. The van der Waals surface area contributed by atoms with E-state index in [0.717, 1.165) is 39.4 Å². The first-order chi connectivity index (χ1) is 11.2. The summed E-state index contributed by atoms with van der Waals surface area (Å²) in [5, 5.41) is 4.01. The van der Waals surface area contributed by atoms with Gasteiger partial charge in [-0.1, -0.05) is 11.2 Å². The fourth-order valence-electron chi connectivity index (χ4n) is 2.82. The first-order valence-corrected chi connectivity index (χ1v) is 7.42. The van der Waals surface area contributed by atoms with Crippen molar-refractivity contribution >= 4 is 11.2 Å². The average Bonchev–Trinajstić information content (AvgIpc) is 3.11. The molecule has 0 aromatic carbocycles. The molecule has 0 spiro atoms. The molecule has 4 heterocycles. The van der Waals surface area contributed by atoms with Gasteiger partial charge in [0.15, 0.2) is 11.8 Å². The maximum absolute atomic E-state index is 5.24. The second-order valence-corrected chi connectivity index (χ2v) is 5.52. The summed E-state index contributed by atoms with van der Waals surface area (Å²) in [4.78, 5) is 12.2. The largest absolute Gasteiger partial charge is 0.361 e. The van der Waals surface area contributed by atoms with Gasteiger partial charge in [-0.25, -0.2) is 4.57 Å². The Morgan fingerprint density at radius 2 is 2.13 bits per heavy atom. The molecule has 0 saturated carbocycles. The molecule has 0 fully saturated rings. The summed E-state index contributed by atoms with van der Waals surface area (Å²) in [7, 11) is 0. The molecule has 6 nitrogen and oxygen atoms in total. The number of nitrogens with zero attached hydrogens (tertiary/aromatic N) is 4. The summed E-state index contributed by atoms with van der Waals surface area (Å²) in [5.41, 5.74) is 5.74. The van der Waals surface area contributed by atoms with Gasteiger partial charge < -0.3 is 4.52 Å². The van der Waals surface area contributed by atoms with Crippen LogP contribution >= 0.6 is 0 Å². The van der Waals surface area contributed by atoms with Gasteiger partial charge >= 0.3 is 5.65 Å². The summed E-state index contributed by atoms with van der Waals surface area (Å²) in [5.74, 6) is 0.802. The number of hydrogen-bond acceptors (Lipinski definition) is 4. The van der Waals surface area contributed by atoms with Crippen molar-refractivity contribution in [2.75, 3.05) is 0 Å². The number of aromatic nitrogens is 5. The number of aryl methyl sites for hydroxylation is 2. The summed E-state index contributed by atoms with van der Waals surface area (Å²) in [6.45, 7) is 4.53. The van der Waals surface area contributed by atoms with Crippen molar-refractivity contribution < 1.29 is 9.09 Å². The van der Waals surface area contributed by atoms with Crippen LogP contribution < -0.4 is 4.57 Å². The minimum Gasteiger partial charge on any atom is -0.361 e. The highest BCUT2D eigenvalue weighted by Crippen LogP contribution is 2.27. The third kappa shape index (κ3) is 2.38. The summed E-state index contributed by atoms with van der Waals surface area (Å²) >= 11 is 0. The normalized spacial score (nSPS) is 11.2. The molecule has 0 aliphatic rings. The van der Waals surface area contributed by atoms with Gasteiger partial charge in [0.25, 0.3) is 0 Å². The lowest BCUT2D eigenvalue weighted by Crippen LogP contribution is -2.33. The van der Waals surface area contributed by atoms with E-state index >= 15 is 0 Å². The Morgan fingerprint density at radius 1 is 1.22 bits per heavy atom. The fraction of sp³-hybridized carbons (Fsp3) is 0.176. The highest BCUT2D eigenvalue weighted by molar-refractivity contribution is 5.77. The Bertz CT molecular complexity index is 952. The lowest BCUT2D eigenvalue weighted by atomic mass is 10.1. The van der Waals surface area contributed by atoms with Crippen LogP contribution in [0.5, 0.6) is 0 Å². The van der Waals surface area contributed by atoms with Crippen LogP contribution in [0.3, 0.4) is 0 Å². The minimum atomic E-state index is 0.679. The molecule has 114 valence electrons. The van der Waals surface area contributed by atoms with E-state index in [2.05, 4.69) is 30.7 Å². The van der Waals surface area contributed by atoms with E-state index in [1.54, 1.807) is 6.20 Å². The third-order valence-corrected chi connectivity index (χ3v) is 3.90. The summed E-state index contributed by atoms with van der Waals surface area (Å²) in [6.07, 6.45) is 5.58. The Kier molecular flexibility index (Phi) is 3.15. The summed E-state index contributed by atoms with van der Waals surface area (Å²) in [6, 6.07) is 7.98. The predicted molar refractivity (Wildman–Crippen MR) is 84.6 cm³/mol. The van der Waals surface area contributed by atoms with Crippen LogP contribution in [0.4, 0.5) is 0 Å². The van der Waals surface area contributed by atoms with Gasteiger partial charge in [-0.05, 0) is 32.0 Å². The number of rotatable bonds is 3. The van der Waals surface area contributed by atoms with E-state index in [9.17, 15) is 0 Å². The van der Waals surface area contributed by atoms with Crippen molar-refractivity contribution in [2.45, 2.75) is 20.4 Å². The molecule has 6 heteroatoms. The fourth-order valence-corrected chi connectivity index (χ4v) is 2.82. The van der Waals surface area contributed by atoms with Gasteiger partial charge in [-0.15, -0.1) is 4.98 Å². The van der Waals surface area contributed by atoms with Crippen molar-refractivity contribution in [3.63, 3.8) is 0 Å². The molecule has 4 rings (SSSR count). The van der Waals surface area contributed by atoms with Gasteiger partial charge in [0.05, 0.1) is 17.0 Å². The van der Waals surface area contributed by atoms with Crippen molar-refractivity contribution in [3.05, 3.63) is 60.1 Å². The maximum atomic E-state index is 5.24. The van der Waals surface area contributed by atoms with Crippen LogP contribution in [0, 0.1) is 13.8 Å². The number of nitrogens with one attached hydrogen (secondary N) is 1. The molecule has 23 heavy (non-hydrogen) atoms. The first-order valence-electron chi connectivity index (χ1n) is 7.42. The first kappa shape index (κ1) is 13.6. The van der Waals surface area contributed by atoms with Gasteiger partial charge in [0.1, 0.15) is 18.5 Å². The molecule has 4 aromatic rings. The molecule has 1 N–H and O–H groups in total. The highest BCUT2D eigenvalue weighted by Gasteiger charge is 2.17. The van der Waals surface area contributed by atoms with Crippen LogP contribution in [0.15, 0.2) is 47.5 Å². The Morgan fingerprint density at radius 3 is 2.87 bits per heavy atom. The Balaban J connectivity index is 1.75. The molecule has 4 aromatic heterocycles. The van der Waals surface area contributed by atoms with Crippen LogP contribution in [0.25, 0.3) is 22.3 Å². The molecule has 0 unspecified atom stereocenters. The molecule has 0 bridgehead atoms. The van der Waals surface area contributed by atoms with E-state index in [0.29, 0.717) is 6.54 Å². The Labute approximate surface area is 132 Å². The summed E-state index contributed by atoms with van der Waals surface area (Å²) < 4.78 is 7.29. The predicted octanol–water partition coefficient (Wildman–Crippen LogP) is 2.57. The number of aromatic amines is 1. The number of H-pyrrole nitrogens is 1. The van der Waals surface area contributed by atoms with E-state index < -0.39 is 0 Å². The van der Waals surface area contributed by atoms with Crippen molar-refractivity contribution in [2.24, 2.45) is 0 Å². The molecule has 0 aliphatic carbocycles. The minimum absolute atomic E-state index is 0.679. The third-order valence-electron chi connectivity index (χ3n) is 3.90. The topological polar surface area (TPSA) is 71.5 Å². The Hall–Kier alpha value is -3.02. The second-order valence-electron chi connectivity index (χ2n) is 5.52. The van der Waals surface area contributed by atoms with E-state index in [4.69, 9.17) is 4.52 Å². The van der Waals surface area contributed by atoms with Crippen LogP contribution in [-0.2, 0) is 6.54 Å². The van der Waals surface area contributed by atoms with E-state index in [1.807, 2.05) is 44.6 Å². The van der Waals surface area contributed by atoms with Crippen molar-refractivity contribution in [1.29, 1.82) is 0 Å². The van der Waals surface area contributed by atoms with Crippen molar-refractivity contribution in [1.82, 2.24) is 20.1 Å². The van der Waals surface area contributed by atoms with Gasteiger partial charge in [-0.3, -0.25) is 9.97 Å². The van der Waals surface area contributed by atoms with Crippen molar-refractivity contribution in [3.8, 4) is 11.1 Å². The van der Waals surface area contributed by atoms with Gasteiger partial charge in [0, 0.05) is 11.8 Å². The monoisotopic (exact) mass is 306 g/mol. The molecule has 0 saturated heterocycles. The lowest BCUT2D eigenvalue weighted by molar-refractivity contribution is -0.664. The quantitative estimate of drug-likeness (QED) is 0.590. The SMILES string of the molecule is Cc1noc(C)c1-c1cnc2c(c1)[nH]c[n+]2Cc1ccccn1. The molecule has 0 radical (unpaired) electrons. The smallest absolute Gasteiger partial charge is 0.301 e. The molecular weight excluding hydrogens is 290 g/mol. The molecule has 0 aliphatic heterocycles. The number of pyridine rings is 2. The second kappa shape index (κ2) is 5.31. The maximum Gasteiger partial charge on any atom is 0.301 e. The highest BCUT2D eigenvalue weighted by atomic mass is 16.5. The molecular formula is C17H16N5O+. The number of hydrogen-bond donors (Lipinski definition) is 1.